The Balaban J connectivity index is 2.22. The van der Waals surface area contributed by atoms with E-state index < -0.39 is 0 Å². The van der Waals surface area contributed by atoms with Crippen molar-refractivity contribution in [1.82, 2.24) is 0 Å². The third-order valence-corrected chi connectivity index (χ3v) is 2.98. The van der Waals surface area contributed by atoms with Crippen molar-refractivity contribution >= 4 is 10.9 Å². The third-order valence-electron chi connectivity index (χ3n) is 2.98. The van der Waals surface area contributed by atoms with E-state index in [0.29, 0.717) is 5.56 Å². The van der Waals surface area contributed by atoms with Gasteiger partial charge in [0, 0.05) is 29.7 Å². The first kappa shape index (κ1) is 10.5. The van der Waals surface area contributed by atoms with Crippen molar-refractivity contribution in [2.45, 2.75) is 0 Å². The Bertz CT molecular complexity index is 732. The van der Waals surface area contributed by atoms with E-state index in [-0.39, 0.29) is 0 Å². The lowest BCUT2D eigenvalue weighted by Crippen LogP contribution is -2.30. The van der Waals surface area contributed by atoms with Gasteiger partial charge in [-0.25, -0.2) is 0 Å². The first-order chi connectivity index (χ1) is 8.88. The minimum atomic E-state index is 0.680. The number of rotatable bonds is 1. The molecule has 1 heterocycles. The SMILES string of the molecule is N#Cc1ccc(-[n+]2cccc3ccccc32)cc1. The molecule has 84 valence electrons. The maximum Gasteiger partial charge on any atom is 0.218 e. The molecule has 0 unspecified atom stereocenters. The monoisotopic (exact) mass is 231 g/mol. The van der Waals surface area contributed by atoms with Crippen LogP contribution in [0.4, 0.5) is 0 Å². The van der Waals surface area contributed by atoms with E-state index in [1.165, 1.54) is 5.39 Å². The summed E-state index contributed by atoms with van der Waals surface area (Å²) in [7, 11) is 0. The Kier molecular flexibility index (Phi) is 2.51. The van der Waals surface area contributed by atoms with E-state index in [0.717, 1.165) is 11.2 Å². The molecule has 0 spiro atoms. The van der Waals surface area contributed by atoms with Crippen molar-refractivity contribution in [3.63, 3.8) is 0 Å². The van der Waals surface area contributed by atoms with E-state index in [9.17, 15) is 0 Å². The van der Waals surface area contributed by atoms with E-state index >= 15 is 0 Å². The predicted molar refractivity (Wildman–Crippen MR) is 70.2 cm³/mol. The molecule has 2 nitrogen and oxygen atoms in total. The average Bonchev–Trinajstić information content (AvgIpc) is 2.47. The van der Waals surface area contributed by atoms with Crippen LogP contribution in [0, 0.1) is 11.3 Å². The maximum atomic E-state index is 8.81. The molecule has 0 amide bonds. The van der Waals surface area contributed by atoms with Crippen molar-refractivity contribution in [1.29, 1.82) is 5.26 Å². The number of benzene rings is 2. The molecule has 0 fully saturated rings. The van der Waals surface area contributed by atoms with E-state index in [2.05, 4.69) is 28.8 Å². The molecule has 0 N–H and O–H groups in total. The molecule has 2 heteroatoms. The lowest BCUT2D eigenvalue weighted by Gasteiger charge is -2.00. The van der Waals surface area contributed by atoms with Gasteiger partial charge in [0.1, 0.15) is 0 Å². The molecule has 1 aromatic heterocycles. The summed E-state index contributed by atoms with van der Waals surface area (Å²) in [6.45, 7) is 0. The molecule has 18 heavy (non-hydrogen) atoms. The number of para-hydroxylation sites is 1. The van der Waals surface area contributed by atoms with Crippen LogP contribution in [-0.2, 0) is 0 Å². The molecule has 3 aromatic rings. The standard InChI is InChI=1S/C16H11N2/c17-12-13-7-9-15(10-8-13)18-11-3-5-14-4-1-2-6-16(14)18/h1-11H/q+1. The molecule has 0 radical (unpaired) electrons. The van der Waals surface area contributed by atoms with Crippen LogP contribution >= 0.6 is 0 Å². The van der Waals surface area contributed by atoms with Gasteiger partial charge in [0.05, 0.1) is 11.6 Å². The average molecular weight is 231 g/mol. The second kappa shape index (κ2) is 4.31. The van der Waals surface area contributed by atoms with Gasteiger partial charge < -0.3 is 0 Å². The summed E-state index contributed by atoms with van der Waals surface area (Å²) >= 11 is 0. The Morgan fingerprint density at radius 1 is 0.833 bits per heavy atom. The van der Waals surface area contributed by atoms with Gasteiger partial charge in [0.15, 0.2) is 6.20 Å². The summed E-state index contributed by atoms with van der Waals surface area (Å²) in [6, 6.07) is 22.1. The number of hydrogen-bond donors (Lipinski definition) is 0. The summed E-state index contributed by atoms with van der Waals surface area (Å²) < 4.78 is 2.12. The predicted octanol–water partition coefficient (Wildman–Crippen LogP) is 2.99. The van der Waals surface area contributed by atoms with Crippen LogP contribution in [-0.4, -0.2) is 0 Å². The second-order valence-electron chi connectivity index (χ2n) is 4.10. The molecule has 2 aromatic carbocycles. The molecule has 0 bridgehead atoms. The highest BCUT2D eigenvalue weighted by molar-refractivity contribution is 5.75. The van der Waals surface area contributed by atoms with Crippen LogP contribution in [0.15, 0.2) is 66.9 Å². The maximum absolute atomic E-state index is 8.81. The number of hydrogen-bond acceptors (Lipinski definition) is 1. The molecule has 0 saturated carbocycles. The molecular weight excluding hydrogens is 220 g/mol. The topological polar surface area (TPSA) is 27.7 Å². The van der Waals surface area contributed by atoms with Gasteiger partial charge in [-0.15, -0.1) is 0 Å². The van der Waals surface area contributed by atoms with Crippen molar-refractivity contribution < 1.29 is 4.57 Å². The minimum absolute atomic E-state index is 0.680. The lowest BCUT2D eigenvalue weighted by atomic mass is 10.2. The minimum Gasteiger partial charge on any atom is -0.192 e. The lowest BCUT2D eigenvalue weighted by molar-refractivity contribution is -0.567. The van der Waals surface area contributed by atoms with Crippen LogP contribution in [0.5, 0.6) is 0 Å². The Morgan fingerprint density at radius 3 is 2.33 bits per heavy atom. The summed E-state index contributed by atoms with van der Waals surface area (Å²) in [5, 5.41) is 10.0. The highest BCUT2D eigenvalue weighted by atomic mass is 15.0. The number of nitrogens with zero attached hydrogens (tertiary/aromatic N) is 2. The third kappa shape index (κ3) is 1.72. The molecule has 0 aliphatic rings. The number of aromatic nitrogens is 1. The molecule has 0 saturated heterocycles. The first-order valence-corrected chi connectivity index (χ1v) is 5.78. The number of nitriles is 1. The van der Waals surface area contributed by atoms with E-state index in [1.807, 2.05) is 48.7 Å². The number of fused-ring (bicyclic) bond motifs is 1. The Hall–Kier alpha value is -2.66. The van der Waals surface area contributed by atoms with Gasteiger partial charge in [0.2, 0.25) is 11.2 Å². The summed E-state index contributed by atoms with van der Waals surface area (Å²) in [5.41, 5.74) is 2.90. The Morgan fingerprint density at radius 2 is 1.56 bits per heavy atom. The van der Waals surface area contributed by atoms with Crippen LogP contribution in [0.1, 0.15) is 5.56 Å². The highest BCUT2D eigenvalue weighted by Crippen LogP contribution is 2.11. The smallest absolute Gasteiger partial charge is 0.192 e. The van der Waals surface area contributed by atoms with Crippen molar-refractivity contribution in [2.75, 3.05) is 0 Å². The summed E-state index contributed by atoms with van der Waals surface area (Å²) in [4.78, 5) is 0. The fourth-order valence-electron chi connectivity index (χ4n) is 2.08. The highest BCUT2D eigenvalue weighted by Gasteiger charge is 2.10. The van der Waals surface area contributed by atoms with Gasteiger partial charge in [-0.1, -0.05) is 12.1 Å². The summed E-state index contributed by atoms with van der Waals surface area (Å²) in [5.74, 6) is 0. The van der Waals surface area contributed by atoms with Gasteiger partial charge in [0.25, 0.3) is 0 Å². The second-order valence-corrected chi connectivity index (χ2v) is 4.10. The first-order valence-electron chi connectivity index (χ1n) is 5.78. The van der Waals surface area contributed by atoms with Crippen LogP contribution < -0.4 is 4.57 Å². The van der Waals surface area contributed by atoms with Crippen molar-refractivity contribution in [2.24, 2.45) is 0 Å². The van der Waals surface area contributed by atoms with Crippen molar-refractivity contribution in [3.8, 4) is 11.8 Å². The van der Waals surface area contributed by atoms with Crippen LogP contribution in [0.2, 0.25) is 0 Å². The van der Waals surface area contributed by atoms with Crippen molar-refractivity contribution in [3.05, 3.63) is 72.4 Å². The molecule has 3 rings (SSSR count). The summed E-state index contributed by atoms with van der Waals surface area (Å²) in [6.07, 6.45) is 2.03. The zero-order valence-electron chi connectivity index (χ0n) is 9.75. The zero-order valence-corrected chi connectivity index (χ0v) is 9.75. The van der Waals surface area contributed by atoms with Gasteiger partial charge >= 0.3 is 0 Å². The zero-order chi connectivity index (χ0) is 12.4. The number of pyridine rings is 1. The Labute approximate surface area is 105 Å². The largest absolute Gasteiger partial charge is 0.218 e. The van der Waals surface area contributed by atoms with Gasteiger partial charge in [-0.2, -0.15) is 9.83 Å². The molecule has 0 aliphatic heterocycles. The molecule has 0 atom stereocenters. The van der Waals surface area contributed by atoms with Gasteiger partial charge in [-0.3, -0.25) is 0 Å². The molecular formula is C16H11N2+. The normalized spacial score (nSPS) is 10.2. The fraction of sp³-hybridized carbons (Fsp3) is 0. The van der Waals surface area contributed by atoms with Crippen LogP contribution in [0.25, 0.3) is 16.6 Å². The van der Waals surface area contributed by atoms with Gasteiger partial charge in [-0.05, 0) is 24.3 Å². The van der Waals surface area contributed by atoms with E-state index in [4.69, 9.17) is 5.26 Å². The quantitative estimate of drug-likeness (QED) is 0.592. The molecule has 0 aliphatic carbocycles. The van der Waals surface area contributed by atoms with Crippen LogP contribution in [0.3, 0.4) is 0 Å². The fourth-order valence-corrected chi connectivity index (χ4v) is 2.08. The van der Waals surface area contributed by atoms with E-state index in [1.54, 1.807) is 0 Å².